The monoisotopic (exact) mass is 336 g/mol. The number of hydrogen-bond donors (Lipinski definition) is 0. The minimum absolute atomic E-state index is 0.220. The van der Waals surface area contributed by atoms with Crippen LogP contribution in [0.5, 0.6) is 0 Å². The number of ether oxygens (including phenoxy) is 1. The average molecular weight is 336 g/mol. The zero-order valence-electron chi connectivity index (χ0n) is 14.6. The Morgan fingerprint density at radius 2 is 2.04 bits per heavy atom. The number of aryl methyl sites for hydroxylation is 1. The van der Waals surface area contributed by atoms with Gasteiger partial charge >= 0.3 is 0 Å². The lowest BCUT2D eigenvalue weighted by molar-refractivity contribution is -0.0314. The fourth-order valence-corrected chi connectivity index (χ4v) is 3.64. The van der Waals surface area contributed by atoms with E-state index in [0.29, 0.717) is 0 Å². The Balaban J connectivity index is 1.46. The van der Waals surface area contributed by atoms with Gasteiger partial charge < -0.3 is 4.74 Å². The van der Waals surface area contributed by atoms with Crippen molar-refractivity contribution in [3.05, 3.63) is 60.2 Å². The minimum atomic E-state index is 0.220. The molecule has 5 nitrogen and oxygen atoms in total. The molecule has 0 amide bonds. The van der Waals surface area contributed by atoms with E-state index in [9.17, 15) is 0 Å². The fourth-order valence-electron chi connectivity index (χ4n) is 3.64. The molecule has 1 aliphatic rings. The molecule has 2 aromatic carbocycles. The summed E-state index contributed by atoms with van der Waals surface area (Å²) in [5.74, 6) is 1.04. The van der Waals surface area contributed by atoms with Crippen molar-refractivity contribution in [3.8, 4) is 0 Å². The van der Waals surface area contributed by atoms with E-state index in [1.807, 2.05) is 4.68 Å². The second kappa shape index (κ2) is 7.33. The van der Waals surface area contributed by atoms with Crippen LogP contribution in [0, 0.1) is 0 Å². The SMILES string of the molecule is CCn1ncnc1CN1CCO[C@H](Cc2cccc3ccccc23)C1. The predicted octanol–water partition coefficient (Wildman–Crippen LogP) is 2.89. The van der Waals surface area contributed by atoms with Gasteiger partial charge in [0.2, 0.25) is 0 Å². The van der Waals surface area contributed by atoms with Crippen molar-refractivity contribution in [2.45, 2.75) is 32.5 Å². The molecule has 1 saturated heterocycles. The molecule has 1 aromatic heterocycles. The first-order valence-corrected chi connectivity index (χ1v) is 9.00. The maximum Gasteiger partial charge on any atom is 0.140 e. The highest BCUT2D eigenvalue weighted by molar-refractivity contribution is 5.85. The van der Waals surface area contributed by atoms with Gasteiger partial charge in [-0.15, -0.1) is 0 Å². The third-order valence-corrected chi connectivity index (χ3v) is 4.91. The highest BCUT2D eigenvalue weighted by atomic mass is 16.5. The molecule has 0 saturated carbocycles. The summed E-state index contributed by atoms with van der Waals surface area (Å²) in [6, 6.07) is 15.1. The first-order chi connectivity index (χ1) is 12.3. The van der Waals surface area contributed by atoms with E-state index in [2.05, 4.69) is 64.4 Å². The molecule has 1 aliphatic heterocycles. The molecule has 1 atom stereocenters. The Hall–Kier alpha value is -2.24. The van der Waals surface area contributed by atoms with Crippen LogP contribution in [0.25, 0.3) is 10.8 Å². The third kappa shape index (κ3) is 3.57. The van der Waals surface area contributed by atoms with Crippen LogP contribution in [-0.2, 0) is 24.2 Å². The number of aromatic nitrogens is 3. The summed E-state index contributed by atoms with van der Waals surface area (Å²) in [5.41, 5.74) is 1.36. The molecular formula is C20H24N4O. The standard InChI is InChI=1S/C20H24N4O/c1-2-24-20(21-15-22-24)14-23-10-11-25-18(13-23)12-17-8-5-7-16-6-3-4-9-19(16)17/h3-9,15,18H,2,10-14H2,1H3/t18-/m1/s1. The Labute approximate surface area is 148 Å². The molecule has 0 spiro atoms. The smallest absolute Gasteiger partial charge is 0.140 e. The van der Waals surface area contributed by atoms with Gasteiger partial charge in [0.15, 0.2) is 0 Å². The van der Waals surface area contributed by atoms with Crippen molar-refractivity contribution >= 4 is 10.8 Å². The van der Waals surface area contributed by atoms with Crippen LogP contribution in [0.1, 0.15) is 18.3 Å². The van der Waals surface area contributed by atoms with Gasteiger partial charge in [-0.25, -0.2) is 9.67 Å². The molecule has 1 fully saturated rings. The molecule has 130 valence electrons. The summed E-state index contributed by atoms with van der Waals surface area (Å²) in [7, 11) is 0. The second-order valence-corrected chi connectivity index (χ2v) is 6.56. The number of nitrogens with zero attached hydrogens (tertiary/aromatic N) is 4. The predicted molar refractivity (Wildman–Crippen MR) is 98.4 cm³/mol. The van der Waals surface area contributed by atoms with Gasteiger partial charge in [-0.2, -0.15) is 5.10 Å². The summed E-state index contributed by atoms with van der Waals surface area (Å²) < 4.78 is 8.02. The van der Waals surface area contributed by atoms with Gasteiger partial charge in [0, 0.05) is 26.1 Å². The van der Waals surface area contributed by atoms with Crippen LogP contribution in [0.15, 0.2) is 48.8 Å². The molecule has 0 N–H and O–H groups in total. The maximum atomic E-state index is 6.05. The number of benzene rings is 2. The second-order valence-electron chi connectivity index (χ2n) is 6.56. The first-order valence-electron chi connectivity index (χ1n) is 9.00. The number of morpholine rings is 1. The van der Waals surface area contributed by atoms with Crippen molar-refractivity contribution < 1.29 is 4.74 Å². The lowest BCUT2D eigenvalue weighted by Gasteiger charge is -2.32. The van der Waals surface area contributed by atoms with Crippen LogP contribution >= 0.6 is 0 Å². The fraction of sp³-hybridized carbons (Fsp3) is 0.400. The Morgan fingerprint density at radius 3 is 2.96 bits per heavy atom. The zero-order valence-corrected chi connectivity index (χ0v) is 14.6. The van der Waals surface area contributed by atoms with Crippen LogP contribution in [0.3, 0.4) is 0 Å². The highest BCUT2D eigenvalue weighted by Gasteiger charge is 2.22. The summed E-state index contributed by atoms with van der Waals surface area (Å²) in [5, 5.41) is 6.89. The van der Waals surface area contributed by atoms with Crippen molar-refractivity contribution in [1.29, 1.82) is 0 Å². The van der Waals surface area contributed by atoms with Crippen molar-refractivity contribution in [2.24, 2.45) is 0 Å². The molecule has 0 radical (unpaired) electrons. The van der Waals surface area contributed by atoms with E-state index in [-0.39, 0.29) is 6.10 Å². The van der Waals surface area contributed by atoms with Gasteiger partial charge in [0.1, 0.15) is 12.2 Å². The molecular weight excluding hydrogens is 312 g/mol. The normalized spacial score (nSPS) is 18.7. The molecule has 25 heavy (non-hydrogen) atoms. The molecule has 2 heterocycles. The Kier molecular flexibility index (Phi) is 4.76. The number of fused-ring (bicyclic) bond motifs is 1. The lowest BCUT2D eigenvalue weighted by Crippen LogP contribution is -2.43. The van der Waals surface area contributed by atoms with E-state index in [4.69, 9.17) is 4.74 Å². The van der Waals surface area contributed by atoms with Crippen molar-refractivity contribution in [1.82, 2.24) is 19.7 Å². The van der Waals surface area contributed by atoms with Gasteiger partial charge in [0.25, 0.3) is 0 Å². The quantitative estimate of drug-likeness (QED) is 0.718. The van der Waals surface area contributed by atoms with E-state index in [1.54, 1.807) is 6.33 Å². The minimum Gasteiger partial charge on any atom is -0.375 e. The highest BCUT2D eigenvalue weighted by Crippen LogP contribution is 2.22. The molecule has 4 rings (SSSR count). The Morgan fingerprint density at radius 1 is 1.16 bits per heavy atom. The zero-order chi connectivity index (χ0) is 17.1. The first kappa shape index (κ1) is 16.2. The largest absolute Gasteiger partial charge is 0.375 e. The van der Waals surface area contributed by atoms with E-state index >= 15 is 0 Å². The van der Waals surface area contributed by atoms with Gasteiger partial charge in [0.05, 0.1) is 19.3 Å². The van der Waals surface area contributed by atoms with E-state index in [1.165, 1.54) is 16.3 Å². The van der Waals surface area contributed by atoms with Crippen molar-refractivity contribution in [3.63, 3.8) is 0 Å². The summed E-state index contributed by atoms with van der Waals surface area (Å²) in [6.45, 7) is 6.45. The Bertz CT molecular complexity index is 839. The maximum absolute atomic E-state index is 6.05. The lowest BCUT2D eigenvalue weighted by atomic mass is 9.99. The summed E-state index contributed by atoms with van der Waals surface area (Å²) >= 11 is 0. The molecule has 0 bridgehead atoms. The molecule has 3 aromatic rings. The van der Waals surface area contributed by atoms with Crippen LogP contribution in [0.4, 0.5) is 0 Å². The topological polar surface area (TPSA) is 43.2 Å². The van der Waals surface area contributed by atoms with Gasteiger partial charge in [-0.05, 0) is 23.3 Å². The van der Waals surface area contributed by atoms with E-state index < -0.39 is 0 Å². The van der Waals surface area contributed by atoms with Crippen LogP contribution < -0.4 is 0 Å². The third-order valence-electron chi connectivity index (χ3n) is 4.91. The van der Waals surface area contributed by atoms with Gasteiger partial charge in [-0.1, -0.05) is 42.5 Å². The average Bonchev–Trinajstić information content (AvgIpc) is 3.09. The van der Waals surface area contributed by atoms with Gasteiger partial charge in [-0.3, -0.25) is 4.90 Å². The summed E-state index contributed by atoms with van der Waals surface area (Å²) in [4.78, 5) is 6.83. The molecule has 5 heteroatoms. The van der Waals surface area contributed by atoms with Crippen LogP contribution in [-0.4, -0.2) is 45.5 Å². The van der Waals surface area contributed by atoms with Crippen molar-refractivity contribution in [2.75, 3.05) is 19.7 Å². The molecule has 0 unspecified atom stereocenters. The number of hydrogen-bond acceptors (Lipinski definition) is 4. The van der Waals surface area contributed by atoms with E-state index in [0.717, 1.165) is 45.0 Å². The van der Waals surface area contributed by atoms with Crippen LogP contribution in [0.2, 0.25) is 0 Å². The summed E-state index contributed by atoms with van der Waals surface area (Å²) in [6.07, 6.45) is 2.81. The molecule has 0 aliphatic carbocycles. The number of rotatable bonds is 5.